The van der Waals surface area contributed by atoms with E-state index in [1.54, 1.807) is 136 Å². The number of carbonyl (C=O) groups excluding carboxylic acids is 9. The standard InChI is InChI=1S/C42H76N4O12.C9H17NO2/c1-37(2,3)30(47)24-43-31(48)23-29(36(53)58-42(16,17)18)46(21-19-44(25-32(49)54-38(4,5)6)26-33(50)55-39(7,8)9)22-20-45(27-34(51)56-40(10,11)12)28-35(52)57-41(13,14)15;1-5-8(12)10-6-7(11)9(2,3)4/h29H,19-28H2,1-18H3,(H,43,48);5-6H2,1-4H3,(H,10,12)/t29-;/m0./s1. The third kappa shape index (κ3) is 36.5. The molecule has 2 N–H and O–H groups in total. The van der Waals surface area contributed by atoms with Gasteiger partial charge in [0.25, 0.3) is 0 Å². The van der Waals surface area contributed by atoms with Crippen molar-refractivity contribution in [2.75, 3.05) is 65.4 Å². The van der Waals surface area contributed by atoms with Gasteiger partial charge < -0.3 is 34.3 Å². The maximum absolute atomic E-state index is 14.0. The molecule has 70 heavy (non-hydrogen) atoms. The molecule has 0 rings (SSSR count). The van der Waals surface area contributed by atoms with E-state index in [4.69, 9.17) is 23.7 Å². The van der Waals surface area contributed by atoms with Crippen LogP contribution in [0.4, 0.5) is 0 Å². The van der Waals surface area contributed by atoms with Crippen LogP contribution in [0.25, 0.3) is 0 Å². The second-order valence-corrected chi connectivity index (χ2v) is 24.3. The lowest BCUT2D eigenvalue weighted by Crippen LogP contribution is -2.53. The van der Waals surface area contributed by atoms with Gasteiger partial charge in [0.2, 0.25) is 11.8 Å². The van der Waals surface area contributed by atoms with Crippen LogP contribution in [0, 0.1) is 10.8 Å². The fourth-order valence-electron chi connectivity index (χ4n) is 5.61. The SMILES string of the molecule is CC(C)(C)OC(=O)CN(CCN(CCN(CC(=O)OC(C)(C)C)CC(=O)OC(C)(C)C)[C@@H](CC(=O)NCC(=O)C(C)(C)C)C(=O)OC(C)(C)C)CC(=O)OC(C)(C)C.CCC(=O)NCC(=O)C(C)(C)C. The molecular formula is C51H93N5O14. The van der Waals surface area contributed by atoms with E-state index in [1.807, 2.05) is 20.8 Å². The third-order valence-corrected chi connectivity index (χ3v) is 8.88. The molecule has 0 aromatic heterocycles. The van der Waals surface area contributed by atoms with Crippen LogP contribution in [0.15, 0.2) is 0 Å². The van der Waals surface area contributed by atoms with Crippen molar-refractivity contribution < 1.29 is 66.8 Å². The molecule has 0 heterocycles. The molecule has 0 saturated carbocycles. The number of Topliss-reactive ketones (excluding diaryl/α,β-unsaturated/α-hetero) is 2. The van der Waals surface area contributed by atoms with Gasteiger partial charge in [-0.1, -0.05) is 48.5 Å². The van der Waals surface area contributed by atoms with Crippen molar-refractivity contribution in [1.29, 1.82) is 0 Å². The van der Waals surface area contributed by atoms with Gasteiger partial charge in [0.15, 0.2) is 11.6 Å². The van der Waals surface area contributed by atoms with Gasteiger partial charge in [-0.3, -0.25) is 57.9 Å². The Morgan fingerprint density at radius 1 is 0.400 bits per heavy atom. The van der Waals surface area contributed by atoms with E-state index in [9.17, 15) is 43.2 Å². The van der Waals surface area contributed by atoms with Gasteiger partial charge in [-0.25, -0.2) is 0 Å². The molecule has 0 unspecified atom stereocenters. The van der Waals surface area contributed by atoms with Gasteiger partial charge in [-0.15, -0.1) is 0 Å². The summed E-state index contributed by atoms with van der Waals surface area (Å²) < 4.78 is 28.0. The van der Waals surface area contributed by atoms with Crippen LogP contribution in [0.3, 0.4) is 0 Å². The number of esters is 5. The molecule has 19 heteroatoms. The molecule has 0 fully saturated rings. The first kappa shape index (κ1) is 67.6. The highest BCUT2D eigenvalue weighted by Crippen LogP contribution is 2.18. The van der Waals surface area contributed by atoms with Gasteiger partial charge in [0, 0.05) is 43.4 Å². The Bertz CT molecular complexity index is 1620. The molecule has 0 aromatic rings. The Balaban J connectivity index is 0. The molecule has 1 atom stereocenters. The fraction of sp³-hybridized carbons (Fsp3) is 0.824. The van der Waals surface area contributed by atoms with Gasteiger partial charge in [-0.2, -0.15) is 0 Å². The average molecular weight is 1000 g/mol. The molecule has 406 valence electrons. The molecule has 0 saturated heterocycles. The summed E-state index contributed by atoms with van der Waals surface area (Å²) in [5.41, 5.74) is -5.28. The lowest BCUT2D eigenvalue weighted by atomic mass is 9.91. The van der Waals surface area contributed by atoms with E-state index in [-0.39, 0.29) is 88.3 Å². The summed E-state index contributed by atoms with van der Waals surface area (Å²) in [6, 6.07) is -1.25. The topological polar surface area (TPSA) is 234 Å². The van der Waals surface area contributed by atoms with Crippen molar-refractivity contribution in [3.63, 3.8) is 0 Å². The lowest BCUT2D eigenvalue weighted by Gasteiger charge is -2.35. The molecule has 0 aliphatic carbocycles. The summed E-state index contributed by atoms with van der Waals surface area (Å²) in [4.78, 5) is 119. The number of hydrogen-bond donors (Lipinski definition) is 2. The molecule has 0 aliphatic heterocycles. The Hall–Kier alpha value is -4.49. The smallest absolute Gasteiger partial charge is 0.324 e. The minimum atomic E-state index is -1.25. The van der Waals surface area contributed by atoms with Gasteiger partial charge in [0.05, 0.1) is 45.7 Å². The number of ether oxygens (including phenoxy) is 5. The second-order valence-electron chi connectivity index (χ2n) is 24.3. The number of nitrogens with one attached hydrogen (secondary N) is 2. The first-order valence-corrected chi connectivity index (χ1v) is 24.1. The zero-order chi connectivity index (χ0) is 55.4. The number of hydrogen-bond acceptors (Lipinski definition) is 17. The van der Waals surface area contributed by atoms with Crippen molar-refractivity contribution >= 4 is 53.2 Å². The number of nitrogens with zero attached hydrogens (tertiary/aromatic N) is 3. The zero-order valence-corrected chi connectivity index (χ0v) is 47.1. The minimum Gasteiger partial charge on any atom is -0.459 e. The molecule has 2 amide bonds. The van der Waals surface area contributed by atoms with E-state index >= 15 is 0 Å². The number of amides is 2. The summed E-state index contributed by atoms with van der Waals surface area (Å²) >= 11 is 0. The van der Waals surface area contributed by atoms with Crippen LogP contribution in [-0.4, -0.2) is 167 Å². The molecule has 0 spiro atoms. The summed E-state index contributed by atoms with van der Waals surface area (Å²) in [5.74, 6) is -3.99. The molecule has 0 aromatic carbocycles. The van der Waals surface area contributed by atoms with E-state index in [0.717, 1.165) is 0 Å². The molecule has 0 radical (unpaired) electrons. The van der Waals surface area contributed by atoms with Gasteiger partial charge in [-0.05, 0) is 104 Å². The number of ketones is 2. The molecule has 0 aliphatic rings. The van der Waals surface area contributed by atoms with Gasteiger partial charge >= 0.3 is 29.8 Å². The Labute approximate surface area is 419 Å². The minimum absolute atomic E-state index is 0.0000439. The predicted molar refractivity (Wildman–Crippen MR) is 267 cm³/mol. The first-order valence-electron chi connectivity index (χ1n) is 24.1. The van der Waals surface area contributed by atoms with Crippen LogP contribution in [0.1, 0.15) is 165 Å². The third-order valence-electron chi connectivity index (χ3n) is 8.88. The first-order chi connectivity index (χ1) is 31.2. The van der Waals surface area contributed by atoms with E-state index in [0.29, 0.717) is 6.42 Å². The van der Waals surface area contributed by atoms with Crippen molar-refractivity contribution in [2.24, 2.45) is 10.8 Å². The zero-order valence-electron chi connectivity index (χ0n) is 47.1. The highest BCUT2D eigenvalue weighted by Gasteiger charge is 2.35. The summed E-state index contributed by atoms with van der Waals surface area (Å²) in [5, 5.41) is 5.17. The van der Waals surface area contributed by atoms with Crippen LogP contribution in [0.2, 0.25) is 0 Å². The maximum Gasteiger partial charge on any atom is 0.324 e. The van der Waals surface area contributed by atoms with Crippen LogP contribution in [-0.2, 0) is 66.8 Å². The van der Waals surface area contributed by atoms with E-state index < -0.39 is 81.6 Å². The maximum atomic E-state index is 14.0. The van der Waals surface area contributed by atoms with Crippen molar-refractivity contribution in [1.82, 2.24) is 25.3 Å². The monoisotopic (exact) mass is 1000 g/mol. The normalized spacial score (nSPS) is 13.1. The summed E-state index contributed by atoms with van der Waals surface area (Å²) in [6.45, 7) is 36.8. The van der Waals surface area contributed by atoms with Crippen molar-refractivity contribution in [2.45, 2.75) is 199 Å². The Morgan fingerprint density at radius 2 is 0.671 bits per heavy atom. The highest BCUT2D eigenvalue weighted by molar-refractivity contribution is 5.91. The average Bonchev–Trinajstić information content (AvgIpc) is 3.10. The fourth-order valence-corrected chi connectivity index (χ4v) is 5.61. The van der Waals surface area contributed by atoms with Crippen LogP contribution in [0.5, 0.6) is 0 Å². The Kier molecular flexibility index (Phi) is 27.5. The quantitative estimate of drug-likeness (QED) is 0.0987. The molecule has 0 bridgehead atoms. The number of carbonyl (C=O) groups is 9. The van der Waals surface area contributed by atoms with Crippen molar-refractivity contribution in [3.8, 4) is 0 Å². The van der Waals surface area contributed by atoms with E-state index in [1.165, 1.54) is 9.80 Å². The largest absolute Gasteiger partial charge is 0.459 e. The lowest BCUT2D eigenvalue weighted by molar-refractivity contribution is -0.165. The summed E-state index contributed by atoms with van der Waals surface area (Å²) in [7, 11) is 0. The van der Waals surface area contributed by atoms with Crippen LogP contribution < -0.4 is 10.6 Å². The van der Waals surface area contributed by atoms with E-state index in [2.05, 4.69) is 10.6 Å². The predicted octanol–water partition coefficient (Wildman–Crippen LogP) is 5.22. The number of rotatable bonds is 23. The molecular weight excluding hydrogens is 907 g/mol. The second kappa shape index (κ2) is 28.5. The molecule has 19 nitrogen and oxygen atoms in total. The Morgan fingerprint density at radius 3 is 0.914 bits per heavy atom. The summed E-state index contributed by atoms with van der Waals surface area (Å²) in [6.07, 6.45) is 0.0000221. The van der Waals surface area contributed by atoms with Crippen LogP contribution >= 0.6 is 0 Å². The highest BCUT2D eigenvalue weighted by atomic mass is 16.6. The van der Waals surface area contributed by atoms with Crippen molar-refractivity contribution in [3.05, 3.63) is 0 Å². The van der Waals surface area contributed by atoms with Gasteiger partial charge in [0.1, 0.15) is 34.0 Å².